The molecule has 1 aromatic carbocycles. The summed E-state index contributed by atoms with van der Waals surface area (Å²) >= 11 is 0. The third-order valence-corrected chi connectivity index (χ3v) is 6.07. The molecule has 1 aromatic rings. The van der Waals surface area contributed by atoms with Crippen LogP contribution >= 0.6 is 0 Å². The quantitative estimate of drug-likeness (QED) is 0.748. The van der Waals surface area contributed by atoms with Crippen molar-refractivity contribution >= 4 is 23.0 Å². The van der Waals surface area contributed by atoms with Gasteiger partial charge in [0.25, 0.3) is 0 Å². The van der Waals surface area contributed by atoms with Crippen molar-refractivity contribution in [3.8, 4) is 0 Å². The van der Waals surface area contributed by atoms with Gasteiger partial charge in [-0.15, -0.1) is 0 Å². The number of nitrogen functional groups attached to an aromatic ring is 2. The maximum Gasteiger partial charge on any atom is 0.224 e. The Hall–Kier alpha value is -1.71. The zero-order valence-corrected chi connectivity index (χ0v) is 13.0. The van der Waals surface area contributed by atoms with Crippen LogP contribution in [0.3, 0.4) is 0 Å². The zero-order chi connectivity index (χ0) is 15.3. The summed E-state index contributed by atoms with van der Waals surface area (Å²) in [5.74, 6) is 2.77. The van der Waals surface area contributed by atoms with Crippen LogP contribution in [0.5, 0.6) is 0 Å². The summed E-state index contributed by atoms with van der Waals surface area (Å²) in [6.07, 6.45) is 8.68. The van der Waals surface area contributed by atoms with Crippen LogP contribution in [-0.4, -0.2) is 5.91 Å². The van der Waals surface area contributed by atoms with Gasteiger partial charge in [0.2, 0.25) is 5.91 Å². The van der Waals surface area contributed by atoms with Gasteiger partial charge in [0.1, 0.15) is 0 Å². The van der Waals surface area contributed by atoms with Crippen molar-refractivity contribution in [3.05, 3.63) is 18.2 Å². The van der Waals surface area contributed by atoms with E-state index in [-0.39, 0.29) is 11.3 Å². The van der Waals surface area contributed by atoms with Crippen molar-refractivity contribution in [2.45, 2.75) is 44.9 Å². The van der Waals surface area contributed by atoms with Gasteiger partial charge in [-0.1, -0.05) is 0 Å². The number of hydrogen-bond acceptors (Lipinski definition) is 3. The Balaban J connectivity index is 1.44. The molecule has 0 aliphatic heterocycles. The van der Waals surface area contributed by atoms with Gasteiger partial charge in [-0.05, 0) is 79.9 Å². The van der Waals surface area contributed by atoms with Crippen LogP contribution in [0.25, 0.3) is 0 Å². The number of nitrogens with two attached hydrogens (primary N) is 2. The van der Waals surface area contributed by atoms with Gasteiger partial charge in [0, 0.05) is 12.1 Å². The van der Waals surface area contributed by atoms with Gasteiger partial charge in [-0.2, -0.15) is 0 Å². The Bertz CT molecular complexity index is 575. The van der Waals surface area contributed by atoms with E-state index in [0.29, 0.717) is 17.8 Å². The Labute approximate surface area is 131 Å². The number of carbonyl (C=O) groups is 1. The number of hydrogen-bond donors (Lipinski definition) is 3. The average molecular weight is 299 g/mol. The molecule has 4 aliphatic carbocycles. The molecule has 1 amide bonds. The van der Waals surface area contributed by atoms with E-state index in [1.807, 2.05) is 6.07 Å². The first-order valence-corrected chi connectivity index (χ1v) is 8.46. The zero-order valence-electron chi connectivity index (χ0n) is 13.0. The van der Waals surface area contributed by atoms with E-state index in [1.54, 1.807) is 12.1 Å². The van der Waals surface area contributed by atoms with Gasteiger partial charge in [0.05, 0.1) is 11.4 Å². The van der Waals surface area contributed by atoms with Crippen molar-refractivity contribution in [1.29, 1.82) is 0 Å². The molecule has 5 N–H and O–H groups in total. The number of rotatable bonds is 3. The molecule has 0 aromatic heterocycles. The normalized spacial score (nSPS) is 35.5. The van der Waals surface area contributed by atoms with Crippen molar-refractivity contribution in [2.75, 3.05) is 16.8 Å². The third kappa shape index (κ3) is 2.44. The lowest BCUT2D eigenvalue weighted by Crippen LogP contribution is -2.47. The molecule has 4 heteroatoms. The van der Waals surface area contributed by atoms with E-state index < -0.39 is 0 Å². The molecule has 0 radical (unpaired) electrons. The second-order valence-electron chi connectivity index (χ2n) is 7.99. The number of nitrogens with one attached hydrogen (secondary N) is 1. The molecule has 118 valence electrons. The van der Waals surface area contributed by atoms with E-state index >= 15 is 0 Å². The largest absolute Gasteiger partial charge is 0.397 e. The molecular weight excluding hydrogens is 274 g/mol. The van der Waals surface area contributed by atoms with E-state index in [4.69, 9.17) is 11.5 Å². The smallest absolute Gasteiger partial charge is 0.224 e. The summed E-state index contributed by atoms with van der Waals surface area (Å²) in [6.45, 7) is 0. The van der Waals surface area contributed by atoms with Crippen LogP contribution in [0.15, 0.2) is 18.2 Å². The minimum Gasteiger partial charge on any atom is -0.397 e. The molecule has 4 aliphatic rings. The first-order valence-electron chi connectivity index (χ1n) is 8.46. The van der Waals surface area contributed by atoms with E-state index in [0.717, 1.165) is 23.4 Å². The van der Waals surface area contributed by atoms with E-state index in [9.17, 15) is 4.79 Å². The molecule has 4 saturated carbocycles. The fourth-order valence-corrected chi connectivity index (χ4v) is 5.70. The summed E-state index contributed by atoms with van der Waals surface area (Å²) in [7, 11) is 0. The van der Waals surface area contributed by atoms with Crippen molar-refractivity contribution in [3.63, 3.8) is 0 Å². The molecule has 22 heavy (non-hydrogen) atoms. The maximum absolute atomic E-state index is 12.5. The summed E-state index contributed by atoms with van der Waals surface area (Å²) in [5, 5.41) is 3.01. The molecule has 0 saturated heterocycles. The fourth-order valence-electron chi connectivity index (χ4n) is 5.70. The lowest BCUT2D eigenvalue weighted by atomic mass is 9.49. The molecule has 4 bridgehead atoms. The lowest BCUT2D eigenvalue weighted by molar-refractivity contribution is -0.124. The van der Waals surface area contributed by atoms with Gasteiger partial charge in [0.15, 0.2) is 0 Å². The highest BCUT2D eigenvalue weighted by molar-refractivity contribution is 5.92. The summed E-state index contributed by atoms with van der Waals surface area (Å²) in [6, 6.07) is 5.31. The predicted molar refractivity (Wildman–Crippen MR) is 89.1 cm³/mol. The number of carbonyl (C=O) groups excluding carboxylic acids is 1. The highest BCUT2D eigenvalue weighted by atomic mass is 16.1. The monoisotopic (exact) mass is 299 g/mol. The van der Waals surface area contributed by atoms with E-state index in [2.05, 4.69) is 5.32 Å². The lowest BCUT2D eigenvalue weighted by Gasteiger charge is -2.56. The molecule has 4 nitrogen and oxygen atoms in total. The average Bonchev–Trinajstić information content (AvgIpc) is 2.40. The predicted octanol–water partition coefficient (Wildman–Crippen LogP) is 3.40. The number of benzene rings is 1. The van der Waals surface area contributed by atoms with Crippen LogP contribution < -0.4 is 16.8 Å². The highest BCUT2D eigenvalue weighted by Crippen LogP contribution is 2.61. The first-order chi connectivity index (χ1) is 10.5. The second-order valence-corrected chi connectivity index (χ2v) is 7.99. The number of anilines is 3. The van der Waals surface area contributed by atoms with Gasteiger partial charge in [-0.25, -0.2) is 0 Å². The van der Waals surface area contributed by atoms with Crippen LogP contribution in [0.2, 0.25) is 0 Å². The molecular formula is C18H25N3O. The third-order valence-electron chi connectivity index (χ3n) is 6.07. The van der Waals surface area contributed by atoms with Crippen molar-refractivity contribution in [1.82, 2.24) is 0 Å². The SMILES string of the molecule is Nc1ccc(NC(=O)CC23CC4CC(CC(C4)C2)C3)cc1N. The van der Waals surface area contributed by atoms with Gasteiger partial charge >= 0.3 is 0 Å². The molecule has 0 unspecified atom stereocenters. The highest BCUT2D eigenvalue weighted by Gasteiger charge is 2.51. The second kappa shape index (κ2) is 4.90. The minimum absolute atomic E-state index is 0.131. The summed E-state index contributed by atoms with van der Waals surface area (Å²) in [4.78, 5) is 12.5. The Morgan fingerprint density at radius 3 is 2.18 bits per heavy atom. The van der Waals surface area contributed by atoms with Crippen LogP contribution in [0, 0.1) is 23.2 Å². The molecule has 0 spiro atoms. The van der Waals surface area contributed by atoms with Crippen molar-refractivity contribution in [2.24, 2.45) is 23.2 Å². The Kier molecular flexibility index (Phi) is 3.10. The maximum atomic E-state index is 12.5. The molecule has 0 atom stereocenters. The van der Waals surface area contributed by atoms with Gasteiger partial charge < -0.3 is 16.8 Å². The first kappa shape index (κ1) is 13.9. The molecule has 0 heterocycles. The Morgan fingerprint density at radius 1 is 1.05 bits per heavy atom. The molecule has 4 fully saturated rings. The van der Waals surface area contributed by atoms with Crippen LogP contribution in [0.4, 0.5) is 17.1 Å². The van der Waals surface area contributed by atoms with Gasteiger partial charge in [-0.3, -0.25) is 4.79 Å². The fraction of sp³-hybridized carbons (Fsp3) is 0.611. The number of amides is 1. The standard InChI is InChI=1S/C18H25N3O/c19-15-2-1-14(6-16(15)20)21-17(22)10-18-7-11-3-12(8-18)5-13(4-11)9-18/h1-2,6,11-13H,3-5,7-10,19-20H2,(H,21,22). The minimum atomic E-state index is 0.131. The summed E-state index contributed by atoms with van der Waals surface area (Å²) < 4.78 is 0. The topological polar surface area (TPSA) is 81.1 Å². The molecule has 5 rings (SSSR count). The van der Waals surface area contributed by atoms with Crippen molar-refractivity contribution < 1.29 is 4.79 Å². The Morgan fingerprint density at radius 2 is 1.64 bits per heavy atom. The van der Waals surface area contributed by atoms with Crippen LogP contribution in [-0.2, 0) is 4.79 Å². The van der Waals surface area contributed by atoms with Crippen LogP contribution in [0.1, 0.15) is 44.9 Å². The van der Waals surface area contributed by atoms with E-state index in [1.165, 1.54) is 38.5 Å². The summed E-state index contributed by atoms with van der Waals surface area (Å²) in [5.41, 5.74) is 13.6.